The molecule has 0 fully saturated rings. The van der Waals surface area contributed by atoms with Gasteiger partial charge in [0, 0.05) is 12.8 Å². The highest BCUT2D eigenvalue weighted by Gasteiger charge is 2.45. The van der Waals surface area contributed by atoms with E-state index in [1.165, 1.54) is 14.2 Å². The maximum Gasteiger partial charge on any atom is 0.408 e. The molecule has 2 N–H and O–H groups in total. The van der Waals surface area contributed by atoms with E-state index in [2.05, 4.69) is 20.6 Å². The largest absolute Gasteiger partial charge is 0.497 e. The van der Waals surface area contributed by atoms with Crippen LogP contribution < -0.4 is 20.1 Å². The lowest BCUT2D eigenvalue weighted by molar-refractivity contribution is -0.156. The number of halogens is 6. The van der Waals surface area contributed by atoms with E-state index in [0.717, 1.165) is 21.6 Å². The Kier molecular flexibility index (Phi) is 8.60. The second-order valence-electron chi connectivity index (χ2n) is 8.56. The Bertz CT molecular complexity index is 1060. The van der Waals surface area contributed by atoms with Crippen molar-refractivity contribution in [3.8, 4) is 11.5 Å². The van der Waals surface area contributed by atoms with Crippen molar-refractivity contribution in [1.82, 2.24) is 10.6 Å². The maximum atomic E-state index is 13.7. The fourth-order valence-electron chi connectivity index (χ4n) is 4.00. The van der Waals surface area contributed by atoms with E-state index in [-0.39, 0.29) is 23.2 Å². The monoisotopic (exact) mass is 578 g/mol. The number of hydrogen-bond acceptors (Lipinski definition) is 8. The lowest BCUT2D eigenvalue weighted by Crippen LogP contribution is -2.49. The Morgan fingerprint density at radius 3 is 1.29 bits per heavy atom. The predicted octanol–water partition coefficient (Wildman–Crippen LogP) is 6.43. The van der Waals surface area contributed by atoms with Gasteiger partial charge in [0.05, 0.1) is 26.3 Å². The van der Waals surface area contributed by atoms with Crippen LogP contribution in [0.3, 0.4) is 0 Å². The molecule has 2 heterocycles. The summed E-state index contributed by atoms with van der Waals surface area (Å²) in [7, 11) is 4.55. The van der Waals surface area contributed by atoms with Gasteiger partial charge in [0.2, 0.25) is 0 Å². The molecule has 2 aliphatic rings. The molecule has 0 saturated carbocycles. The molecule has 2 aliphatic heterocycles. The number of nitrogens with zero attached hydrogens (tertiary/aromatic N) is 2. The summed E-state index contributed by atoms with van der Waals surface area (Å²) in [5.41, 5.74) is 1.13. The highest BCUT2D eigenvalue weighted by molar-refractivity contribution is 8.87. The molecule has 4 atom stereocenters. The van der Waals surface area contributed by atoms with Gasteiger partial charge in [-0.2, -0.15) is 26.3 Å². The quantitative estimate of drug-likeness (QED) is 0.322. The van der Waals surface area contributed by atoms with Gasteiger partial charge in [-0.25, -0.2) is 0 Å². The molecule has 0 unspecified atom stereocenters. The zero-order valence-electron chi connectivity index (χ0n) is 20.1. The van der Waals surface area contributed by atoms with Gasteiger partial charge in [-0.15, -0.1) is 0 Å². The summed E-state index contributed by atoms with van der Waals surface area (Å²) >= 11 is 0. The van der Waals surface area contributed by atoms with Gasteiger partial charge in [-0.3, -0.25) is 9.98 Å². The minimum atomic E-state index is -4.54. The number of methoxy groups -OCH3 is 2. The third-order valence-corrected chi connectivity index (χ3v) is 8.09. The van der Waals surface area contributed by atoms with E-state index in [9.17, 15) is 26.3 Å². The van der Waals surface area contributed by atoms with E-state index in [1.807, 2.05) is 0 Å². The van der Waals surface area contributed by atoms with Crippen LogP contribution in [0.4, 0.5) is 26.3 Å². The lowest BCUT2D eigenvalue weighted by atomic mass is 9.98. The molecule has 2 aromatic carbocycles. The molecule has 38 heavy (non-hydrogen) atoms. The minimum Gasteiger partial charge on any atom is -0.497 e. The molecule has 6 nitrogen and oxygen atoms in total. The normalized spacial score (nSPS) is 24.0. The van der Waals surface area contributed by atoms with Crippen LogP contribution in [0.25, 0.3) is 0 Å². The van der Waals surface area contributed by atoms with Gasteiger partial charge >= 0.3 is 12.4 Å². The van der Waals surface area contributed by atoms with Gasteiger partial charge in [0.15, 0.2) is 10.3 Å². The molecule has 0 radical (unpaired) electrons. The van der Waals surface area contributed by atoms with Gasteiger partial charge in [-0.05, 0) is 57.0 Å². The van der Waals surface area contributed by atoms with Crippen molar-refractivity contribution in [3.63, 3.8) is 0 Å². The molecular weight excluding hydrogens is 554 g/mol. The van der Waals surface area contributed by atoms with Crippen LogP contribution in [0.15, 0.2) is 58.5 Å². The molecule has 14 heteroatoms. The van der Waals surface area contributed by atoms with Gasteiger partial charge in [-0.1, -0.05) is 24.3 Å². The fourth-order valence-corrected chi connectivity index (χ4v) is 5.90. The SMILES string of the molecule is COc1ccc([C@H]2C[C@@H](C(F)(F)F)NC(SSC3=N[C@@H](c4ccc(OC)cc4)C[C@H](C(F)(F)F)N3)=N2)cc1. The number of ether oxygens (including phenoxy) is 2. The van der Waals surface area contributed by atoms with Crippen molar-refractivity contribution in [1.29, 1.82) is 0 Å². The first-order valence-electron chi connectivity index (χ1n) is 11.4. The molecule has 0 aromatic heterocycles. The number of alkyl halides is 6. The summed E-state index contributed by atoms with van der Waals surface area (Å²) in [6.07, 6.45) is -9.73. The first kappa shape index (κ1) is 28.3. The van der Waals surface area contributed by atoms with E-state index in [0.29, 0.717) is 22.6 Å². The molecule has 0 amide bonds. The Labute approximate surface area is 223 Å². The molecule has 0 bridgehead atoms. The van der Waals surface area contributed by atoms with Crippen molar-refractivity contribution in [3.05, 3.63) is 59.7 Å². The maximum absolute atomic E-state index is 13.7. The summed E-state index contributed by atoms with van der Waals surface area (Å²) in [4.78, 5) is 8.82. The van der Waals surface area contributed by atoms with Crippen molar-refractivity contribution in [2.75, 3.05) is 14.2 Å². The van der Waals surface area contributed by atoms with E-state index < -0.39 is 36.5 Å². The van der Waals surface area contributed by atoms with Crippen molar-refractivity contribution in [2.24, 2.45) is 9.98 Å². The first-order chi connectivity index (χ1) is 18.0. The average Bonchev–Trinajstić information content (AvgIpc) is 2.90. The van der Waals surface area contributed by atoms with Crippen LogP contribution in [0.5, 0.6) is 11.5 Å². The number of hydrogen-bond donors (Lipinski definition) is 2. The summed E-state index contributed by atoms with van der Waals surface area (Å²) < 4.78 is 92.2. The van der Waals surface area contributed by atoms with Crippen LogP contribution >= 0.6 is 21.6 Å². The average molecular weight is 579 g/mol. The molecule has 2 aromatic rings. The minimum absolute atomic E-state index is 0.0518. The van der Waals surface area contributed by atoms with E-state index in [1.54, 1.807) is 48.5 Å². The second kappa shape index (κ2) is 11.6. The molecule has 0 spiro atoms. The lowest BCUT2D eigenvalue weighted by Gasteiger charge is -2.32. The van der Waals surface area contributed by atoms with Crippen LogP contribution in [0, 0.1) is 0 Å². The van der Waals surface area contributed by atoms with Crippen LogP contribution in [-0.2, 0) is 0 Å². The zero-order chi connectivity index (χ0) is 27.5. The van der Waals surface area contributed by atoms with Gasteiger partial charge in [0.25, 0.3) is 0 Å². The summed E-state index contributed by atoms with van der Waals surface area (Å²) in [6.45, 7) is 0. The van der Waals surface area contributed by atoms with Crippen LogP contribution in [0.1, 0.15) is 36.1 Å². The number of aliphatic imine (C=N–C) groups is 2. The molecule has 0 saturated heterocycles. The molecule has 206 valence electrons. The van der Waals surface area contributed by atoms with Crippen LogP contribution in [-0.4, -0.2) is 49.0 Å². The number of nitrogens with one attached hydrogen (secondary N) is 2. The summed E-state index contributed by atoms with van der Waals surface area (Å²) in [5, 5.41) is 4.65. The Morgan fingerprint density at radius 2 is 1.00 bits per heavy atom. The smallest absolute Gasteiger partial charge is 0.408 e. The van der Waals surface area contributed by atoms with Crippen molar-refractivity contribution in [2.45, 2.75) is 49.4 Å². The standard InChI is InChI=1S/C24H24F6N4O2S2/c1-35-15-7-3-13(4-8-15)17-11-19(23(25,26)27)33-21(31-17)37-38-22-32-18(12-20(34-22)24(28,29)30)14-5-9-16(36-2)10-6-14/h3-10,17-20H,11-12H2,1-2H3,(H,31,33)(H,32,34)/t17-,18-,19-,20+/m1/s1. The van der Waals surface area contributed by atoms with Crippen molar-refractivity contribution >= 4 is 31.9 Å². The highest BCUT2D eigenvalue weighted by Crippen LogP contribution is 2.40. The Morgan fingerprint density at radius 1 is 0.658 bits per heavy atom. The Balaban J connectivity index is 1.55. The Hall–Kier alpha value is -2.74. The zero-order valence-corrected chi connectivity index (χ0v) is 21.8. The highest BCUT2D eigenvalue weighted by atomic mass is 33.1. The molecule has 0 aliphatic carbocycles. The molecular formula is C24H24F6N4O2S2. The fraction of sp³-hybridized carbons (Fsp3) is 0.417. The molecule has 4 rings (SSSR count). The summed E-state index contributed by atoms with van der Waals surface area (Å²) in [6, 6.07) is 7.76. The van der Waals surface area contributed by atoms with Gasteiger partial charge < -0.3 is 20.1 Å². The number of rotatable bonds is 4. The second-order valence-corrected chi connectivity index (χ2v) is 10.7. The van der Waals surface area contributed by atoms with Crippen LogP contribution in [0.2, 0.25) is 0 Å². The van der Waals surface area contributed by atoms with E-state index in [4.69, 9.17) is 9.47 Å². The van der Waals surface area contributed by atoms with Crippen molar-refractivity contribution < 1.29 is 35.8 Å². The topological polar surface area (TPSA) is 67.2 Å². The number of amidine groups is 2. The van der Waals surface area contributed by atoms with Gasteiger partial charge in [0.1, 0.15) is 23.6 Å². The summed E-state index contributed by atoms with van der Waals surface area (Å²) in [5.74, 6) is 1.10. The van der Waals surface area contributed by atoms with E-state index >= 15 is 0 Å². The predicted molar refractivity (Wildman–Crippen MR) is 137 cm³/mol. The third kappa shape index (κ3) is 7.01. The first-order valence-corrected chi connectivity index (χ1v) is 13.6. The third-order valence-electron chi connectivity index (χ3n) is 6.05. The number of benzene rings is 2.